The minimum Gasteiger partial charge on any atom is -0.372 e. The molecular formula is C19H22N2O. The fraction of sp³-hybridized carbons (Fsp3) is 0.316. The van der Waals surface area contributed by atoms with Gasteiger partial charge in [-0.05, 0) is 55.0 Å². The highest BCUT2D eigenvalue weighted by atomic mass is 16.1. The first-order valence-corrected chi connectivity index (χ1v) is 7.91. The van der Waals surface area contributed by atoms with E-state index in [-0.39, 0.29) is 5.91 Å². The molecular weight excluding hydrogens is 272 g/mol. The number of anilines is 1. The van der Waals surface area contributed by atoms with Crippen molar-refractivity contribution in [3.8, 4) is 0 Å². The van der Waals surface area contributed by atoms with Crippen LogP contribution in [-0.4, -0.2) is 19.0 Å². The number of rotatable bonds is 4. The molecule has 0 atom stereocenters. The van der Waals surface area contributed by atoms with Crippen molar-refractivity contribution in [1.82, 2.24) is 0 Å². The van der Waals surface area contributed by atoms with Crippen LogP contribution in [0.2, 0.25) is 0 Å². The van der Waals surface area contributed by atoms with Gasteiger partial charge in [-0.25, -0.2) is 0 Å². The number of carbonyl (C=O) groups is 1. The molecule has 0 unspecified atom stereocenters. The van der Waals surface area contributed by atoms with E-state index < -0.39 is 0 Å². The van der Waals surface area contributed by atoms with E-state index in [1.807, 2.05) is 24.3 Å². The van der Waals surface area contributed by atoms with E-state index in [0.717, 1.165) is 19.0 Å². The van der Waals surface area contributed by atoms with E-state index >= 15 is 0 Å². The lowest BCUT2D eigenvalue weighted by Crippen LogP contribution is -2.34. The molecule has 114 valence electrons. The Bertz CT molecular complexity index is 614. The molecule has 2 aromatic rings. The Hall–Kier alpha value is -2.29. The number of amides is 1. The van der Waals surface area contributed by atoms with Crippen molar-refractivity contribution in [2.24, 2.45) is 11.7 Å². The largest absolute Gasteiger partial charge is 0.372 e. The molecule has 1 aliphatic heterocycles. The lowest BCUT2D eigenvalue weighted by atomic mass is 9.90. The average Bonchev–Trinajstić information content (AvgIpc) is 2.57. The standard InChI is InChI=1S/C19H22N2O/c20-19(22)17-6-8-18(9-7-17)21-12-10-16(11-13-21)14-15-4-2-1-3-5-15/h1-9,16H,10-14H2,(H2,20,22). The average molecular weight is 294 g/mol. The van der Waals surface area contributed by atoms with Crippen LogP contribution in [0.25, 0.3) is 0 Å². The Labute approximate surface area is 131 Å². The fourth-order valence-corrected chi connectivity index (χ4v) is 3.18. The van der Waals surface area contributed by atoms with Gasteiger partial charge in [-0.15, -0.1) is 0 Å². The van der Waals surface area contributed by atoms with Crippen LogP contribution in [0.3, 0.4) is 0 Å². The van der Waals surface area contributed by atoms with Gasteiger partial charge in [-0.3, -0.25) is 4.79 Å². The number of primary amides is 1. The van der Waals surface area contributed by atoms with E-state index in [9.17, 15) is 4.79 Å². The van der Waals surface area contributed by atoms with Crippen molar-refractivity contribution in [1.29, 1.82) is 0 Å². The zero-order valence-corrected chi connectivity index (χ0v) is 12.7. The number of piperidine rings is 1. The van der Waals surface area contributed by atoms with Crippen molar-refractivity contribution in [2.75, 3.05) is 18.0 Å². The molecule has 3 heteroatoms. The predicted molar refractivity (Wildman–Crippen MR) is 90.0 cm³/mol. The van der Waals surface area contributed by atoms with E-state index in [4.69, 9.17) is 5.73 Å². The third-order valence-corrected chi connectivity index (χ3v) is 4.50. The first kappa shape index (κ1) is 14.6. The molecule has 1 heterocycles. The molecule has 1 saturated heterocycles. The van der Waals surface area contributed by atoms with Crippen LogP contribution in [0.5, 0.6) is 0 Å². The van der Waals surface area contributed by atoms with Gasteiger partial charge >= 0.3 is 0 Å². The summed E-state index contributed by atoms with van der Waals surface area (Å²) in [7, 11) is 0. The Morgan fingerprint density at radius 2 is 1.64 bits per heavy atom. The van der Waals surface area contributed by atoms with Crippen molar-refractivity contribution >= 4 is 11.6 Å². The van der Waals surface area contributed by atoms with Gasteiger partial charge in [0, 0.05) is 24.3 Å². The van der Waals surface area contributed by atoms with Crippen LogP contribution < -0.4 is 10.6 Å². The van der Waals surface area contributed by atoms with Gasteiger partial charge in [0.2, 0.25) is 5.91 Å². The van der Waals surface area contributed by atoms with E-state index in [1.165, 1.54) is 30.5 Å². The summed E-state index contributed by atoms with van der Waals surface area (Å²) in [6.07, 6.45) is 3.61. The second-order valence-electron chi connectivity index (χ2n) is 6.03. The summed E-state index contributed by atoms with van der Waals surface area (Å²) in [4.78, 5) is 13.5. The molecule has 0 aromatic heterocycles. The number of hydrogen-bond donors (Lipinski definition) is 1. The number of benzene rings is 2. The second kappa shape index (κ2) is 6.65. The number of nitrogens with zero attached hydrogens (tertiary/aromatic N) is 1. The first-order valence-electron chi connectivity index (χ1n) is 7.91. The molecule has 0 aliphatic carbocycles. The van der Waals surface area contributed by atoms with Gasteiger partial charge < -0.3 is 10.6 Å². The Morgan fingerprint density at radius 1 is 1.00 bits per heavy atom. The zero-order valence-electron chi connectivity index (χ0n) is 12.7. The third kappa shape index (κ3) is 3.48. The SMILES string of the molecule is NC(=O)c1ccc(N2CCC(Cc3ccccc3)CC2)cc1. The maximum absolute atomic E-state index is 11.1. The summed E-state index contributed by atoms with van der Waals surface area (Å²) < 4.78 is 0. The molecule has 0 saturated carbocycles. The summed E-state index contributed by atoms with van der Waals surface area (Å²) in [5, 5.41) is 0. The molecule has 1 fully saturated rings. The van der Waals surface area contributed by atoms with Gasteiger partial charge in [-0.1, -0.05) is 30.3 Å². The Morgan fingerprint density at radius 3 is 2.23 bits per heavy atom. The molecule has 2 N–H and O–H groups in total. The predicted octanol–water partition coefficient (Wildman–Crippen LogP) is 3.24. The maximum atomic E-state index is 11.1. The van der Waals surface area contributed by atoms with E-state index in [2.05, 4.69) is 35.2 Å². The topological polar surface area (TPSA) is 46.3 Å². The first-order chi connectivity index (χ1) is 10.7. The molecule has 3 rings (SSSR count). The normalized spacial score (nSPS) is 15.7. The molecule has 1 amide bonds. The highest BCUT2D eigenvalue weighted by Crippen LogP contribution is 2.25. The van der Waals surface area contributed by atoms with Gasteiger partial charge in [0.25, 0.3) is 0 Å². The molecule has 2 aromatic carbocycles. The van der Waals surface area contributed by atoms with Crippen LogP contribution >= 0.6 is 0 Å². The Balaban J connectivity index is 1.56. The van der Waals surface area contributed by atoms with Gasteiger partial charge in [0.05, 0.1) is 0 Å². The van der Waals surface area contributed by atoms with Crippen LogP contribution in [-0.2, 0) is 6.42 Å². The van der Waals surface area contributed by atoms with E-state index in [0.29, 0.717) is 5.56 Å². The zero-order chi connectivity index (χ0) is 15.4. The van der Waals surface area contributed by atoms with E-state index in [1.54, 1.807) is 0 Å². The summed E-state index contributed by atoms with van der Waals surface area (Å²) >= 11 is 0. The molecule has 3 nitrogen and oxygen atoms in total. The van der Waals surface area contributed by atoms with Crippen LogP contribution in [0, 0.1) is 5.92 Å². The van der Waals surface area contributed by atoms with Crippen molar-refractivity contribution < 1.29 is 4.79 Å². The van der Waals surface area contributed by atoms with Gasteiger partial charge in [0.15, 0.2) is 0 Å². The van der Waals surface area contributed by atoms with Gasteiger partial charge in [-0.2, -0.15) is 0 Å². The van der Waals surface area contributed by atoms with Crippen LogP contribution in [0.15, 0.2) is 54.6 Å². The van der Waals surface area contributed by atoms with Crippen LogP contribution in [0.4, 0.5) is 5.69 Å². The molecule has 22 heavy (non-hydrogen) atoms. The van der Waals surface area contributed by atoms with Crippen LogP contribution in [0.1, 0.15) is 28.8 Å². The fourth-order valence-electron chi connectivity index (χ4n) is 3.18. The minimum absolute atomic E-state index is 0.367. The highest BCUT2D eigenvalue weighted by molar-refractivity contribution is 5.93. The minimum atomic E-state index is -0.367. The summed E-state index contributed by atoms with van der Waals surface area (Å²) in [6, 6.07) is 18.4. The van der Waals surface area contributed by atoms with Crippen molar-refractivity contribution in [2.45, 2.75) is 19.3 Å². The second-order valence-corrected chi connectivity index (χ2v) is 6.03. The van der Waals surface area contributed by atoms with Crippen molar-refractivity contribution in [3.63, 3.8) is 0 Å². The monoisotopic (exact) mass is 294 g/mol. The third-order valence-electron chi connectivity index (χ3n) is 4.50. The van der Waals surface area contributed by atoms with Crippen molar-refractivity contribution in [3.05, 3.63) is 65.7 Å². The lowest BCUT2D eigenvalue weighted by Gasteiger charge is -2.33. The van der Waals surface area contributed by atoms with Gasteiger partial charge in [0.1, 0.15) is 0 Å². The molecule has 0 spiro atoms. The molecule has 1 aliphatic rings. The Kier molecular flexibility index (Phi) is 4.42. The number of nitrogens with two attached hydrogens (primary N) is 1. The number of hydrogen-bond acceptors (Lipinski definition) is 2. The number of carbonyl (C=O) groups excluding carboxylic acids is 1. The quantitative estimate of drug-likeness (QED) is 0.941. The smallest absolute Gasteiger partial charge is 0.248 e. The maximum Gasteiger partial charge on any atom is 0.248 e. The lowest BCUT2D eigenvalue weighted by molar-refractivity contribution is 0.100. The summed E-state index contributed by atoms with van der Waals surface area (Å²) in [6.45, 7) is 2.15. The summed E-state index contributed by atoms with van der Waals surface area (Å²) in [5.41, 5.74) is 8.47. The molecule has 0 radical (unpaired) electrons. The summed E-state index contributed by atoms with van der Waals surface area (Å²) in [5.74, 6) is 0.400. The molecule has 0 bridgehead atoms. The highest BCUT2D eigenvalue weighted by Gasteiger charge is 2.19.